The minimum absolute atomic E-state index is 0.446. The average molecular weight is 381 g/mol. The number of hydrogen-bond acceptors (Lipinski definition) is 7. The van der Waals surface area contributed by atoms with Gasteiger partial charge in [-0.25, -0.2) is 15.0 Å². The van der Waals surface area contributed by atoms with Crippen molar-refractivity contribution >= 4 is 51.6 Å². The SMILES string of the molecule is Nc1c(Nc2ccc(Cl)cn2)ncnc1Sc1cccc2cccnc12. The highest BCUT2D eigenvalue weighted by molar-refractivity contribution is 7.99. The molecular weight excluding hydrogens is 368 g/mol. The molecule has 0 saturated heterocycles. The van der Waals surface area contributed by atoms with Gasteiger partial charge >= 0.3 is 0 Å². The number of anilines is 3. The van der Waals surface area contributed by atoms with Crippen LogP contribution in [0, 0.1) is 0 Å². The predicted octanol–water partition coefficient (Wildman–Crippen LogP) is 4.55. The fraction of sp³-hybridized carbons (Fsp3) is 0. The summed E-state index contributed by atoms with van der Waals surface area (Å²) in [5.41, 5.74) is 7.63. The zero-order valence-electron chi connectivity index (χ0n) is 13.4. The maximum absolute atomic E-state index is 6.27. The van der Waals surface area contributed by atoms with Crippen LogP contribution in [0.25, 0.3) is 10.9 Å². The summed E-state index contributed by atoms with van der Waals surface area (Å²) < 4.78 is 0. The molecule has 0 atom stereocenters. The summed E-state index contributed by atoms with van der Waals surface area (Å²) in [5.74, 6) is 1.09. The number of fused-ring (bicyclic) bond motifs is 1. The van der Waals surface area contributed by atoms with Gasteiger partial charge in [-0.1, -0.05) is 41.6 Å². The van der Waals surface area contributed by atoms with E-state index in [2.05, 4.69) is 25.3 Å². The summed E-state index contributed by atoms with van der Waals surface area (Å²) in [6.07, 6.45) is 4.79. The Balaban J connectivity index is 1.66. The number of rotatable bonds is 4. The van der Waals surface area contributed by atoms with Crippen LogP contribution in [-0.2, 0) is 0 Å². The zero-order chi connectivity index (χ0) is 17.9. The van der Waals surface area contributed by atoms with Crippen LogP contribution in [0.1, 0.15) is 0 Å². The monoisotopic (exact) mass is 380 g/mol. The van der Waals surface area contributed by atoms with E-state index < -0.39 is 0 Å². The Hall–Kier alpha value is -2.90. The van der Waals surface area contributed by atoms with Crippen LogP contribution in [0.3, 0.4) is 0 Å². The van der Waals surface area contributed by atoms with Crippen LogP contribution >= 0.6 is 23.4 Å². The van der Waals surface area contributed by atoms with Crippen LogP contribution in [0.2, 0.25) is 5.02 Å². The fourth-order valence-electron chi connectivity index (χ4n) is 2.39. The summed E-state index contributed by atoms with van der Waals surface area (Å²) >= 11 is 7.31. The molecule has 4 rings (SSSR count). The molecule has 26 heavy (non-hydrogen) atoms. The second kappa shape index (κ2) is 7.15. The quantitative estimate of drug-likeness (QED) is 0.502. The van der Waals surface area contributed by atoms with Crippen LogP contribution in [0.5, 0.6) is 0 Å². The number of nitrogens with zero attached hydrogens (tertiary/aromatic N) is 4. The molecule has 3 N–H and O–H groups in total. The molecule has 0 aliphatic rings. The first-order chi connectivity index (χ1) is 12.7. The smallest absolute Gasteiger partial charge is 0.159 e. The molecule has 0 unspecified atom stereocenters. The van der Waals surface area contributed by atoms with Crippen molar-refractivity contribution in [3.05, 3.63) is 66.2 Å². The lowest BCUT2D eigenvalue weighted by Gasteiger charge is -2.11. The van der Waals surface area contributed by atoms with Gasteiger partial charge in [-0.3, -0.25) is 4.98 Å². The third-order valence-corrected chi connectivity index (χ3v) is 4.92. The number of nitrogens with two attached hydrogens (primary N) is 1. The van der Waals surface area contributed by atoms with E-state index in [1.807, 2.05) is 30.3 Å². The first-order valence-electron chi connectivity index (χ1n) is 7.71. The second-order valence-corrected chi connectivity index (χ2v) is 6.83. The molecule has 4 aromatic rings. The summed E-state index contributed by atoms with van der Waals surface area (Å²) in [6.45, 7) is 0. The molecule has 0 saturated carbocycles. The minimum Gasteiger partial charge on any atom is -0.394 e. The number of pyridine rings is 2. The number of nitrogens with one attached hydrogen (secondary N) is 1. The van der Waals surface area contributed by atoms with Crippen molar-refractivity contribution in [1.29, 1.82) is 0 Å². The molecule has 0 amide bonds. The molecule has 0 spiro atoms. The molecular formula is C18H13ClN6S. The topological polar surface area (TPSA) is 89.6 Å². The largest absolute Gasteiger partial charge is 0.394 e. The van der Waals surface area contributed by atoms with Crippen molar-refractivity contribution in [1.82, 2.24) is 19.9 Å². The van der Waals surface area contributed by atoms with Crippen LogP contribution in [0.15, 0.2) is 71.1 Å². The summed E-state index contributed by atoms with van der Waals surface area (Å²) in [4.78, 5) is 18.2. The molecule has 0 radical (unpaired) electrons. The first kappa shape index (κ1) is 16.6. The second-order valence-electron chi connectivity index (χ2n) is 5.36. The standard InChI is InChI=1S/C18H13ClN6S/c19-12-6-7-14(22-9-12)25-17-15(20)18(24-10-23-17)26-13-5-1-3-11-4-2-8-21-16(11)13/h1-10H,20H2,(H,22,23,24,25). The van der Waals surface area contributed by atoms with Crippen molar-refractivity contribution in [2.45, 2.75) is 9.92 Å². The third-order valence-electron chi connectivity index (χ3n) is 3.62. The summed E-state index contributed by atoms with van der Waals surface area (Å²) in [5, 5.41) is 5.36. The van der Waals surface area contributed by atoms with Gasteiger partial charge < -0.3 is 11.1 Å². The van der Waals surface area contributed by atoms with E-state index >= 15 is 0 Å². The molecule has 0 bridgehead atoms. The van der Waals surface area contributed by atoms with Gasteiger partial charge in [-0.05, 0) is 24.3 Å². The molecule has 8 heteroatoms. The van der Waals surface area contributed by atoms with Gasteiger partial charge in [0.1, 0.15) is 22.9 Å². The number of aromatic nitrogens is 4. The lowest BCUT2D eigenvalue weighted by molar-refractivity contribution is 1.06. The van der Waals surface area contributed by atoms with Crippen molar-refractivity contribution in [3.8, 4) is 0 Å². The fourth-order valence-corrected chi connectivity index (χ4v) is 3.43. The van der Waals surface area contributed by atoms with Crippen molar-refractivity contribution in [3.63, 3.8) is 0 Å². The summed E-state index contributed by atoms with van der Waals surface area (Å²) in [7, 11) is 0. The van der Waals surface area contributed by atoms with Gasteiger partial charge in [0.05, 0.1) is 10.5 Å². The maximum atomic E-state index is 6.27. The van der Waals surface area contributed by atoms with Crippen LogP contribution in [0.4, 0.5) is 17.3 Å². The van der Waals surface area contributed by atoms with Gasteiger partial charge in [0, 0.05) is 22.7 Å². The molecule has 1 aromatic carbocycles. The van der Waals surface area contributed by atoms with Crippen molar-refractivity contribution < 1.29 is 0 Å². The Bertz CT molecular complexity index is 1070. The average Bonchev–Trinajstić information content (AvgIpc) is 2.67. The minimum atomic E-state index is 0.446. The molecule has 3 aromatic heterocycles. The van der Waals surface area contributed by atoms with Crippen LogP contribution < -0.4 is 11.1 Å². The Labute approximate surface area is 158 Å². The molecule has 3 heterocycles. The Morgan fingerprint density at radius 3 is 2.69 bits per heavy atom. The normalized spacial score (nSPS) is 10.8. The van der Waals surface area contributed by atoms with Gasteiger partial charge in [0.25, 0.3) is 0 Å². The van der Waals surface area contributed by atoms with E-state index in [0.717, 1.165) is 15.8 Å². The van der Waals surface area contributed by atoms with Gasteiger partial charge in [-0.15, -0.1) is 0 Å². The zero-order valence-corrected chi connectivity index (χ0v) is 15.0. The third kappa shape index (κ3) is 3.40. The van der Waals surface area contributed by atoms with E-state index in [0.29, 0.717) is 27.4 Å². The van der Waals surface area contributed by atoms with E-state index in [1.165, 1.54) is 18.1 Å². The highest BCUT2D eigenvalue weighted by atomic mass is 35.5. The van der Waals surface area contributed by atoms with E-state index in [1.54, 1.807) is 24.5 Å². The molecule has 0 aliphatic heterocycles. The number of para-hydroxylation sites is 1. The van der Waals surface area contributed by atoms with Gasteiger partial charge in [0.2, 0.25) is 0 Å². The number of nitrogen functional groups attached to an aromatic ring is 1. The van der Waals surface area contributed by atoms with Crippen LogP contribution in [-0.4, -0.2) is 19.9 Å². The van der Waals surface area contributed by atoms with Crippen molar-refractivity contribution in [2.75, 3.05) is 11.1 Å². The number of benzene rings is 1. The van der Waals surface area contributed by atoms with E-state index in [4.69, 9.17) is 17.3 Å². The number of halogens is 1. The summed E-state index contributed by atoms with van der Waals surface area (Å²) in [6, 6.07) is 13.4. The number of hydrogen-bond donors (Lipinski definition) is 2. The maximum Gasteiger partial charge on any atom is 0.159 e. The Morgan fingerprint density at radius 2 is 1.85 bits per heavy atom. The first-order valence-corrected chi connectivity index (χ1v) is 8.91. The predicted molar refractivity (Wildman–Crippen MR) is 105 cm³/mol. The molecule has 6 nitrogen and oxygen atoms in total. The van der Waals surface area contributed by atoms with Crippen molar-refractivity contribution in [2.24, 2.45) is 0 Å². The molecule has 0 fully saturated rings. The van der Waals surface area contributed by atoms with E-state index in [9.17, 15) is 0 Å². The molecule has 128 valence electrons. The Morgan fingerprint density at radius 1 is 0.962 bits per heavy atom. The van der Waals surface area contributed by atoms with E-state index in [-0.39, 0.29) is 0 Å². The lowest BCUT2D eigenvalue weighted by atomic mass is 10.2. The Kier molecular flexibility index (Phi) is 4.55. The lowest BCUT2D eigenvalue weighted by Crippen LogP contribution is -2.03. The van der Waals surface area contributed by atoms with Gasteiger partial charge in [0.15, 0.2) is 5.82 Å². The van der Waals surface area contributed by atoms with Gasteiger partial charge in [-0.2, -0.15) is 0 Å². The highest BCUT2D eigenvalue weighted by Gasteiger charge is 2.12. The molecule has 0 aliphatic carbocycles. The highest BCUT2D eigenvalue weighted by Crippen LogP contribution is 2.36.